The van der Waals surface area contributed by atoms with E-state index in [1.807, 2.05) is 35.2 Å². The molecule has 0 aliphatic carbocycles. The van der Waals surface area contributed by atoms with Gasteiger partial charge >= 0.3 is 0 Å². The predicted molar refractivity (Wildman–Crippen MR) is 77.0 cm³/mol. The number of hydrogen-bond donors (Lipinski definition) is 1. The van der Waals surface area contributed by atoms with Crippen LogP contribution in [0.2, 0.25) is 0 Å². The van der Waals surface area contributed by atoms with Crippen LogP contribution < -0.4 is 5.32 Å². The zero-order valence-electron chi connectivity index (χ0n) is 10.1. The van der Waals surface area contributed by atoms with Crippen molar-refractivity contribution in [3.8, 4) is 0 Å². The van der Waals surface area contributed by atoms with Crippen LogP contribution in [0.5, 0.6) is 0 Å². The Hall–Kier alpha value is -1.68. The van der Waals surface area contributed by atoms with Crippen LogP contribution in [0.15, 0.2) is 36.4 Å². The van der Waals surface area contributed by atoms with Gasteiger partial charge in [-0.05, 0) is 36.7 Å². The van der Waals surface area contributed by atoms with Crippen molar-refractivity contribution in [2.24, 2.45) is 0 Å². The Bertz CT molecular complexity index is 450. The van der Waals surface area contributed by atoms with E-state index in [0.717, 1.165) is 31.5 Å². The van der Waals surface area contributed by atoms with E-state index < -0.39 is 0 Å². The van der Waals surface area contributed by atoms with Gasteiger partial charge in [0.05, 0.1) is 0 Å². The standard InChI is InChI=1S/C14H16N2OS/c17-13(9-8-12-6-2-1-3-7-12)15-14(18)16-10-4-5-11-16/h1-3,6-9H,4-5,10-11H2,(H,15,17,18). The van der Waals surface area contributed by atoms with E-state index in [-0.39, 0.29) is 5.91 Å². The highest BCUT2D eigenvalue weighted by Gasteiger charge is 2.15. The normalized spacial score (nSPS) is 15.0. The van der Waals surface area contributed by atoms with Gasteiger partial charge < -0.3 is 4.90 Å². The fourth-order valence-corrected chi connectivity index (χ4v) is 2.17. The molecule has 1 fully saturated rings. The summed E-state index contributed by atoms with van der Waals surface area (Å²) in [7, 11) is 0. The molecule has 1 heterocycles. The van der Waals surface area contributed by atoms with Crippen molar-refractivity contribution in [3.05, 3.63) is 42.0 Å². The first-order chi connectivity index (χ1) is 8.75. The number of carbonyl (C=O) groups is 1. The molecule has 18 heavy (non-hydrogen) atoms. The Morgan fingerprint density at radius 3 is 2.56 bits per heavy atom. The maximum Gasteiger partial charge on any atom is 0.250 e. The van der Waals surface area contributed by atoms with Gasteiger partial charge in [-0.25, -0.2) is 0 Å². The molecular weight excluding hydrogens is 244 g/mol. The van der Waals surface area contributed by atoms with Gasteiger partial charge in [-0.15, -0.1) is 0 Å². The lowest BCUT2D eigenvalue weighted by molar-refractivity contribution is -0.115. The molecule has 0 bridgehead atoms. The molecule has 3 nitrogen and oxygen atoms in total. The number of likely N-dealkylation sites (tertiary alicyclic amines) is 1. The SMILES string of the molecule is O=C(C=Cc1ccccc1)NC(=S)N1CCCC1. The highest BCUT2D eigenvalue weighted by Crippen LogP contribution is 2.07. The molecule has 1 aliphatic rings. The van der Waals surface area contributed by atoms with Gasteiger partial charge in [-0.1, -0.05) is 30.3 Å². The van der Waals surface area contributed by atoms with E-state index in [1.165, 1.54) is 6.08 Å². The molecule has 1 amide bonds. The van der Waals surface area contributed by atoms with Crippen molar-refractivity contribution in [3.63, 3.8) is 0 Å². The van der Waals surface area contributed by atoms with Crippen LogP contribution >= 0.6 is 12.2 Å². The van der Waals surface area contributed by atoms with Crippen LogP contribution in [0, 0.1) is 0 Å². The van der Waals surface area contributed by atoms with Crippen LogP contribution in [0.25, 0.3) is 6.08 Å². The average Bonchev–Trinajstić information content (AvgIpc) is 2.91. The van der Waals surface area contributed by atoms with Crippen molar-refractivity contribution in [1.29, 1.82) is 0 Å². The third-order valence-electron chi connectivity index (χ3n) is 2.85. The molecule has 0 atom stereocenters. The average molecular weight is 260 g/mol. The summed E-state index contributed by atoms with van der Waals surface area (Å²) in [4.78, 5) is 13.7. The first-order valence-corrected chi connectivity index (χ1v) is 6.49. The summed E-state index contributed by atoms with van der Waals surface area (Å²) in [6.07, 6.45) is 5.59. The minimum atomic E-state index is -0.171. The third kappa shape index (κ3) is 3.67. The number of nitrogens with one attached hydrogen (secondary N) is 1. The van der Waals surface area contributed by atoms with Gasteiger partial charge in [-0.3, -0.25) is 10.1 Å². The molecule has 2 rings (SSSR count). The molecule has 1 aromatic carbocycles. The predicted octanol–water partition coefficient (Wildman–Crippen LogP) is 2.20. The Labute approximate surface area is 112 Å². The molecule has 1 aliphatic heterocycles. The summed E-state index contributed by atoms with van der Waals surface area (Å²) in [5.41, 5.74) is 1.000. The van der Waals surface area contributed by atoms with Crippen LogP contribution in [0.1, 0.15) is 18.4 Å². The third-order valence-corrected chi connectivity index (χ3v) is 3.21. The molecular formula is C14H16N2OS. The number of rotatable bonds is 2. The number of amides is 1. The molecule has 4 heteroatoms. The van der Waals surface area contributed by atoms with Crippen LogP contribution in [-0.2, 0) is 4.79 Å². The lowest BCUT2D eigenvalue weighted by Crippen LogP contribution is -2.40. The number of carbonyl (C=O) groups excluding carboxylic acids is 1. The van der Waals surface area contributed by atoms with Gasteiger partial charge in [0.2, 0.25) is 5.91 Å². The molecule has 1 aromatic rings. The van der Waals surface area contributed by atoms with Crippen LogP contribution in [-0.4, -0.2) is 29.0 Å². The summed E-state index contributed by atoms with van der Waals surface area (Å²) < 4.78 is 0. The minimum absolute atomic E-state index is 0.171. The first-order valence-electron chi connectivity index (χ1n) is 6.09. The van der Waals surface area contributed by atoms with Crippen molar-refractivity contribution in [2.75, 3.05) is 13.1 Å². The summed E-state index contributed by atoms with van der Waals surface area (Å²) in [6.45, 7) is 1.89. The fourth-order valence-electron chi connectivity index (χ4n) is 1.88. The van der Waals surface area contributed by atoms with E-state index in [1.54, 1.807) is 6.08 Å². The largest absolute Gasteiger partial charge is 0.349 e. The molecule has 0 saturated carbocycles. The van der Waals surface area contributed by atoms with E-state index >= 15 is 0 Å². The Kier molecular flexibility index (Phi) is 4.47. The van der Waals surface area contributed by atoms with Crippen molar-refractivity contribution < 1.29 is 4.79 Å². The Balaban J connectivity index is 1.85. The second-order valence-electron chi connectivity index (χ2n) is 4.23. The van der Waals surface area contributed by atoms with Gasteiger partial charge in [-0.2, -0.15) is 0 Å². The first kappa shape index (κ1) is 12.8. The van der Waals surface area contributed by atoms with E-state index in [9.17, 15) is 4.79 Å². The maximum absolute atomic E-state index is 11.7. The molecule has 0 aromatic heterocycles. The Morgan fingerprint density at radius 1 is 1.22 bits per heavy atom. The fraction of sp³-hybridized carbons (Fsp3) is 0.286. The number of hydrogen-bond acceptors (Lipinski definition) is 2. The van der Waals surface area contributed by atoms with Crippen molar-refractivity contribution >= 4 is 29.3 Å². The van der Waals surface area contributed by atoms with E-state index in [4.69, 9.17) is 12.2 Å². The number of thiocarbonyl (C=S) groups is 1. The molecule has 0 spiro atoms. The highest BCUT2D eigenvalue weighted by atomic mass is 32.1. The Morgan fingerprint density at radius 2 is 1.89 bits per heavy atom. The topological polar surface area (TPSA) is 32.3 Å². The van der Waals surface area contributed by atoms with E-state index in [2.05, 4.69) is 5.32 Å². The number of nitrogens with zero attached hydrogens (tertiary/aromatic N) is 1. The smallest absolute Gasteiger partial charge is 0.250 e. The summed E-state index contributed by atoms with van der Waals surface area (Å²) >= 11 is 5.18. The van der Waals surface area contributed by atoms with Crippen LogP contribution in [0.3, 0.4) is 0 Å². The monoisotopic (exact) mass is 260 g/mol. The van der Waals surface area contributed by atoms with Crippen LogP contribution in [0.4, 0.5) is 0 Å². The molecule has 0 unspecified atom stereocenters. The second kappa shape index (κ2) is 6.31. The summed E-state index contributed by atoms with van der Waals surface area (Å²) in [6, 6.07) is 9.71. The van der Waals surface area contributed by atoms with Gasteiger partial charge in [0.25, 0.3) is 0 Å². The highest BCUT2D eigenvalue weighted by molar-refractivity contribution is 7.80. The molecule has 0 radical (unpaired) electrons. The van der Waals surface area contributed by atoms with Gasteiger partial charge in [0.1, 0.15) is 0 Å². The maximum atomic E-state index is 11.7. The lowest BCUT2D eigenvalue weighted by Gasteiger charge is -2.17. The van der Waals surface area contributed by atoms with Crippen molar-refractivity contribution in [1.82, 2.24) is 10.2 Å². The minimum Gasteiger partial charge on any atom is -0.349 e. The van der Waals surface area contributed by atoms with Gasteiger partial charge in [0.15, 0.2) is 5.11 Å². The van der Waals surface area contributed by atoms with E-state index in [0.29, 0.717) is 5.11 Å². The van der Waals surface area contributed by atoms with Crippen molar-refractivity contribution in [2.45, 2.75) is 12.8 Å². The molecule has 1 saturated heterocycles. The molecule has 1 N–H and O–H groups in total. The summed E-state index contributed by atoms with van der Waals surface area (Å²) in [5, 5.41) is 3.26. The summed E-state index contributed by atoms with van der Waals surface area (Å²) in [5.74, 6) is -0.171. The van der Waals surface area contributed by atoms with Gasteiger partial charge in [0, 0.05) is 19.2 Å². The second-order valence-corrected chi connectivity index (χ2v) is 4.62. The zero-order chi connectivity index (χ0) is 12.8. The quantitative estimate of drug-likeness (QED) is 0.653. The number of benzene rings is 1. The zero-order valence-corrected chi connectivity index (χ0v) is 11.0. The molecule has 94 valence electrons. The lowest BCUT2D eigenvalue weighted by atomic mass is 10.2.